The van der Waals surface area contributed by atoms with Crippen LogP contribution in [0.2, 0.25) is 0 Å². The Labute approximate surface area is 113 Å². The van der Waals surface area contributed by atoms with Gasteiger partial charge in [-0.05, 0) is 0 Å². The number of hydrogen-bond donors (Lipinski definition) is 0. The first-order chi connectivity index (χ1) is 9.35. The summed E-state index contributed by atoms with van der Waals surface area (Å²) < 4.78 is 49.5. The number of nitrogens with zero attached hydrogens (tertiary/aromatic N) is 1. The summed E-state index contributed by atoms with van der Waals surface area (Å²) in [4.78, 5) is 24.6. The van der Waals surface area contributed by atoms with E-state index in [0.717, 1.165) is 0 Å². The number of halogens is 3. The van der Waals surface area contributed by atoms with Crippen LogP contribution in [-0.4, -0.2) is 69.1 Å². The number of ether oxygens (including phenoxy) is 3. The van der Waals surface area contributed by atoms with E-state index in [1.165, 1.54) is 12.0 Å². The van der Waals surface area contributed by atoms with Crippen LogP contribution in [0.15, 0.2) is 0 Å². The summed E-state index contributed by atoms with van der Waals surface area (Å²) in [5, 5.41) is 0. The van der Waals surface area contributed by atoms with Crippen LogP contribution in [0.1, 0.15) is 6.42 Å². The third kappa shape index (κ3) is 5.33. The van der Waals surface area contributed by atoms with E-state index in [1.54, 1.807) is 0 Å². The molecule has 0 aromatic heterocycles. The maximum absolute atomic E-state index is 11.9. The molecule has 20 heavy (non-hydrogen) atoms. The van der Waals surface area contributed by atoms with Gasteiger partial charge in [-0.3, -0.25) is 4.79 Å². The lowest BCUT2D eigenvalue weighted by molar-refractivity contribution is -0.176. The van der Waals surface area contributed by atoms with Gasteiger partial charge in [0.05, 0.1) is 33.4 Å². The van der Waals surface area contributed by atoms with Gasteiger partial charge in [-0.15, -0.1) is 0 Å². The Morgan fingerprint density at radius 2 is 2.10 bits per heavy atom. The topological polar surface area (TPSA) is 65.1 Å². The van der Waals surface area contributed by atoms with E-state index < -0.39 is 30.7 Å². The normalized spacial score (nSPS) is 19.8. The lowest BCUT2D eigenvalue weighted by Gasteiger charge is -2.33. The third-order valence-corrected chi connectivity index (χ3v) is 2.65. The number of methoxy groups -OCH3 is 1. The highest BCUT2D eigenvalue weighted by Crippen LogP contribution is 2.15. The first-order valence-corrected chi connectivity index (χ1v) is 5.94. The molecular formula is C11H16F3NO5. The van der Waals surface area contributed by atoms with Crippen molar-refractivity contribution in [3.8, 4) is 0 Å². The van der Waals surface area contributed by atoms with Crippen LogP contribution in [-0.2, 0) is 23.8 Å². The zero-order chi connectivity index (χ0) is 15.2. The predicted octanol–water partition coefficient (Wildman–Crippen LogP) is 0.356. The van der Waals surface area contributed by atoms with Crippen molar-refractivity contribution in [1.82, 2.24) is 4.90 Å². The van der Waals surface area contributed by atoms with Crippen molar-refractivity contribution < 1.29 is 37.0 Å². The summed E-state index contributed by atoms with van der Waals surface area (Å²) in [7, 11) is 1.19. The van der Waals surface area contributed by atoms with Crippen molar-refractivity contribution in [2.24, 2.45) is 0 Å². The zero-order valence-electron chi connectivity index (χ0n) is 10.9. The highest BCUT2D eigenvalue weighted by molar-refractivity contribution is 5.84. The number of rotatable bonds is 5. The molecule has 1 amide bonds. The van der Waals surface area contributed by atoms with E-state index in [9.17, 15) is 22.8 Å². The van der Waals surface area contributed by atoms with Gasteiger partial charge >= 0.3 is 12.1 Å². The molecule has 1 heterocycles. The molecule has 0 bridgehead atoms. The highest BCUT2D eigenvalue weighted by Gasteiger charge is 2.33. The summed E-state index contributed by atoms with van der Waals surface area (Å²) in [6, 6.07) is -0.858. The van der Waals surface area contributed by atoms with Crippen LogP contribution in [0.5, 0.6) is 0 Å². The van der Waals surface area contributed by atoms with Gasteiger partial charge in [0, 0.05) is 6.54 Å². The number of amides is 1. The molecule has 1 unspecified atom stereocenters. The van der Waals surface area contributed by atoms with Crippen molar-refractivity contribution in [3.63, 3.8) is 0 Å². The largest absolute Gasteiger partial charge is 0.467 e. The van der Waals surface area contributed by atoms with Gasteiger partial charge in [0.1, 0.15) is 6.61 Å². The molecule has 1 aliphatic heterocycles. The molecule has 1 atom stereocenters. The molecule has 0 aromatic carbocycles. The van der Waals surface area contributed by atoms with Crippen LogP contribution < -0.4 is 0 Å². The molecule has 0 saturated carbocycles. The van der Waals surface area contributed by atoms with Gasteiger partial charge in [0.2, 0.25) is 5.91 Å². The number of esters is 1. The molecule has 1 saturated heterocycles. The second-order valence-electron chi connectivity index (χ2n) is 4.12. The Morgan fingerprint density at radius 1 is 1.40 bits per heavy atom. The van der Waals surface area contributed by atoms with Crippen LogP contribution in [0.25, 0.3) is 0 Å². The Bertz CT molecular complexity index is 347. The van der Waals surface area contributed by atoms with Crippen molar-refractivity contribution >= 4 is 11.9 Å². The maximum atomic E-state index is 11.9. The van der Waals surface area contributed by atoms with E-state index in [2.05, 4.69) is 9.47 Å². The minimum atomic E-state index is -4.42. The zero-order valence-corrected chi connectivity index (χ0v) is 10.9. The fourth-order valence-electron chi connectivity index (χ4n) is 1.72. The molecule has 6 nitrogen and oxygen atoms in total. The lowest BCUT2D eigenvalue weighted by Crippen LogP contribution is -2.53. The molecule has 0 N–H and O–H groups in total. The molecule has 0 aliphatic carbocycles. The number of alkyl halides is 3. The van der Waals surface area contributed by atoms with E-state index in [1.807, 2.05) is 0 Å². The van der Waals surface area contributed by atoms with E-state index in [-0.39, 0.29) is 32.8 Å². The SMILES string of the molecule is COC(=O)C1COCCN1C(=O)CCOCC(F)(F)F. The fourth-order valence-corrected chi connectivity index (χ4v) is 1.72. The number of carbonyl (C=O) groups is 2. The summed E-state index contributed by atoms with van der Waals surface area (Å²) in [5.74, 6) is -1.08. The van der Waals surface area contributed by atoms with Crippen LogP contribution in [0.3, 0.4) is 0 Å². The Kier molecular flexibility index (Phi) is 6.21. The molecule has 9 heteroatoms. The molecule has 0 spiro atoms. The van der Waals surface area contributed by atoms with Gasteiger partial charge in [-0.25, -0.2) is 4.79 Å². The van der Waals surface area contributed by atoms with Crippen LogP contribution >= 0.6 is 0 Å². The number of morpholine rings is 1. The molecule has 1 fully saturated rings. The number of hydrogen-bond acceptors (Lipinski definition) is 5. The van der Waals surface area contributed by atoms with Gasteiger partial charge in [0.25, 0.3) is 0 Å². The summed E-state index contributed by atoms with van der Waals surface area (Å²) in [6.45, 7) is -1.28. The van der Waals surface area contributed by atoms with Gasteiger partial charge in [0.15, 0.2) is 6.04 Å². The Morgan fingerprint density at radius 3 is 2.70 bits per heavy atom. The second kappa shape index (κ2) is 7.44. The minimum absolute atomic E-state index is 0.0157. The quantitative estimate of drug-likeness (QED) is 0.541. The second-order valence-corrected chi connectivity index (χ2v) is 4.12. The molecule has 0 aromatic rings. The summed E-state index contributed by atoms with van der Waals surface area (Å²) >= 11 is 0. The molecule has 116 valence electrons. The molecule has 1 aliphatic rings. The molecular weight excluding hydrogens is 283 g/mol. The minimum Gasteiger partial charge on any atom is -0.467 e. The predicted molar refractivity (Wildman–Crippen MR) is 59.8 cm³/mol. The van der Waals surface area contributed by atoms with E-state index in [4.69, 9.17) is 4.74 Å². The summed E-state index contributed by atoms with van der Waals surface area (Å²) in [5.41, 5.74) is 0. The smallest absolute Gasteiger partial charge is 0.411 e. The monoisotopic (exact) mass is 299 g/mol. The standard InChI is InChI=1S/C11H16F3NO5/c1-18-10(17)8-6-19-5-3-15(8)9(16)2-4-20-7-11(12,13)14/h8H,2-7H2,1H3. The van der Waals surface area contributed by atoms with Gasteiger partial charge in [-0.2, -0.15) is 13.2 Å². The van der Waals surface area contributed by atoms with E-state index in [0.29, 0.717) is 0 Å². The highest BCUT2D eigenvalue weighted by atomic mass is 19.4. The maximum Gasteiger partial charge on any atom is 0.411 e. The average molecular weight is 299 g/mol. The Hall–Kier alpha value is -1.35. The summed E-state index contributed by atoms with van der Waals surface area (Å²) in [6.07, 6.45) is -4.65. The number of carbonyl (C=O) groups excluding carboxylic acids is 2. The van der Waals surface area contributed by atoms with E-state index >= 15 is 0 Å². The van der Waals surface area contributed by atoms with Crippen LogP contribution in [0, 0.1) is 0 Å². The molecule has 1 rings (SSSR count). The Balaban J connectivity index is 2.42. The van der Waals surface area contributed by atoms with Crippen molar-refractivity contribution in [2.75, 3.05) is 40.1 Å². The first kappa shape index (κ1) is 16.7. The van der Waals surface area contributed by atoms with Crippen molar-refractivity contribution in [3.05, 3.63) is 0 Å². The average Bonchev–Trinajstić information content (AvgIpc) is 2.41. The fraction of sp³-hybridized carbons (Fsp3) is 0.818. The van der Waals surface area contributed by atoms with Gasteiger partial charge in [-0.1, -0.05) is 0 Å². The van der Waals surface area contributed by atoms with Gasteiger partial charge < -0.3 is 19.1 Å². The first-order valence-electron chi connectivity index (χ1n) is 5.94. The third-order valence-electron chi connectivity index (χ3n) is 2.65. The lowest BCUT2D eigenvalue weighted by atomic mass is 10.2. The van der Waals surface area contributed by atoms with Crippen molar-refractivity contribution in [1.29, 1.82) is 0 Å². The van der Waals surface area contributed by atoms with Crippen molar-refractivity contribution in [2.45, 2.75) is 18.6 Å². The molecule has 0 radical (unpaired) electrons. The van der Waals surface area contributed by atoms with Crippen LogP contribution in [0.4, 0.5) is 13.2 Å².